The molecule has 19 heavy (non-hydrogen) atoms. The largest absolute Gasteiger partial charge is 0.412 e. The standard InChI is InChI=1S/C13H16F3N3/c1-9(17)10-2-5-18-12(8-10)19-6-3-11(4-7-19)13(14,15)16/h2-3,5,8-9H,4,6-7,17H2,1H3/t9-/m0/s1. The van der Waals surface area contributed by atoms with Gasteiger partial charge in [0.2, 0.25) is 0 Å². The van der Waals surface area contributed by atoms with Crippen molar-refractivity contribution >= 4 is 5.82 Å². The van der Waals surface area contributed by atoms with Crippen LogP contribution in [0.4, 0.5) is 19.0 Å². The van der Waals surface area contributed by atoms with Crippen LogP contribution in [0.3, 0.4) is 0 Å². The Labute approximate surface area is 109 Å². The molecular formula is C13H16F3N3. The number of rotatable bonds is 2. The van der Waals surface area contributed by atoms with Crippen LogP contribution in [0.2, 0.25) is 0 Å². The lowest BCUT2D eigenvalue weighted by Crippen LogP contribution is -2.32. The van der Waals surface area contributed by atoms with E-state index in [2.05, 4.69) is 4.98 Å². The van der Waals surface area contributed by atoms with Crippen LogP contribution in [-0.2, 0) is 0 Å². The first-order valence-corrected chi connectivity index (χ1v) is 6.10. The smallest absolute Gasteiger partial charge is 0.353 e. The van der Waals surface area contributed by atoms with Gasteiger partial charge in [-0.2, -0.15) is 13.2 Å². The summed E-state index contributed by atoms with van der Waals surface area (Å²) in [5.41, 5.74) is 6.26. The van der Waals surface area contributed by atoms with Gasteiger partial charge in [0.25, 0.3) is 0 Å². The van der Waals surface area contributed by atoms with E-state index in [9.17, 15) is 13.2 Å². The molecule has 3 nitrogen and oxygen atoms in total. The first kappa shape index (κ1) is 13.9. The molecule has 0 unspecified atom stereocenters. The van der Waals surface area contributed by atoms with Gasteiger partial charge in [0.15, 0.2) is 0 Å². The number of nitrogens with zero attached hydrogens (tertiary/aromatic N) is 2. The first-order valence-electron chi connectivity index (χ1n) is 6.10. The van der Waals surface area contributed by atoms with Crippen LogP contribution >= 0.6 is 0 Å². The van der Waals surface area contributed by atoms with Crippen LogP contribution in [0.15, 0.2) is 30.0 Å². The van der Waals surface area contributed by atoms with Gasteiger partial charge in [0.05, 0.1) is 0 Å². The molecule has 2 rings (SSSR count). The third kappa shape index (κ3) is 3.26. The van der Waals surface area contributed by atoms with E-state index in [-0.39, 0.29) is 19.0 Å². The van der Waals surface area contributed by atoms with E-state index in [1.54, 1.807) is 6.20 Å². The van der Waals surface area contributed by atoms with Crippen LogP contribution in [0.1, 0.15) is 24.9 Å². The number of anilines is 1. The SMILES string of the molecule is C[C@H](N)c1ccnc(N2CC=C(C(F)(F)F)CC2)c1. The van der Waals surface area contributed by atoms with Crippen molar-refractivity contribution in [1.29, 1.82) is 0 Å². The molecule has 1 atom stereocenters. The summed E-state index contributed by atoms with van der Waals surface area (Å²) < 4.78 is 37.6. The minimum atomic E-state index is -4.22. The summed E-state index contributed by atoms with van der Waals surface area (Å²) in [5.74, 6) is 0.673. The highest BCUT2D eigenvalue weighted by atomic mass is 19.4. The Bertz CT molecular complexity index is 480. The average Bonchev–Trinajstić information content (AvgIpc) is 2.38. The molecule has 0 amide bonds. The van der Waals surface area contributed by atoms with Crippen molar-refractivity contribution < 1.29 is 13.2 Å². The maximum Gasteiger partial charge on any atom is 0.412 e. The fourth-order valence-electron chi connectivity index (χ4n) is 2.03. The third-order valence-electron chi connectivity index (χ3n) is 3.19. The van der Waals surface area contributed by atoms with Gasteiger partial charge in [-0.25, -0.2) is 4.98 Å². The van der Waals surface area contributed by atoms with Crippen LogP contribution in [0.25, 0.3) is 0 Å². The van der Waals surface area contributed by atoms with Gasteiger partial charge >= 0.3 is 6.18 Å². The molecule has 104 valence electrons. The van der Waals surface area contributed by atoms with Crippen molar-refractivity contribution in [3.63, 3.8) is 0 Å². The number of pyridine rings is 1. The lowest BCUT2D eigenvalue weighted by Gasteiger charge is -2.28. The van der Waals surface area contributed by atoms with E-state index in [0.717, 1.165) is 5.56 Å². The number of nitrogens with two attached hydrogens (primary N) is 1. The highest BCUT2D eigenvalue weighted by Crippen LogP contribution is 2.31. The number of halogens is 3. The van der Waals surface area contributed by atoms with Crippen LogP contribution in [0.5, 0.6) is 0 Å². The highest BCUT2D eigenvalue weighted by molar-refractivity contribution is 5.44. The first-order chi connectivity index (χ1) is 8.88. The minimum absolute atomic E-state index is 0.00636. The predicted octanol–water partition coefficient (Wildman–Crippen LogP) is 2.80. The van der Waals surface area contributed by atoms with Crippen molar-refractivity contribution in [1.82, 2.24) is 4.98 Å². The Morgan fingerprint density at radius 2 is 2.16 bits per heavy atom. The molecule has 6 heteroatoms. The van der Waals surface area contributed by atoms with Crippen molar-refractivity contribution in [3.8, 4) is 0 Å². The Balaban J connectivity index is 2.14. The lowest BCUT2D eigenvalue weighted by molar-refractivity contribution is -0.0944. The van der Waals surface area contributed by atoms with Gasteiger partial charge in [-0.05, 0) is 31.0 Å². The van der Waals surface area contributed by atoms with Crippen molar-refractivity contribution in [2.45, 2.75) is 25.6 Å². The summed E-state index contributed by atoms with van der Waals surface area (Å²) in [4.78, 5) is 6.01. The highest BCUT2D eigenvalue weighted by Gasteiger charge is 2.34. The Morgan fingerprint density at radius 3 is 2.68 bits per heavy atom. The number of hydrogen-bond acceptors (Lipinski definition) is 3. The molecule has 0 radical (unpaired) electrons. The van der Waals surface area contributed by atoms with Crippen molar-refractivity contribution in [2.24, 2.45) is 5.73 Å². The van der Waals surface area contributed by atoms with E-state index >= 15 is 0 Å². The van der Waals surface area contributed by atoms with E-state index in [0.29, 0.717) is 12.4 Å². The fourth-order valence-corrected chi connectivity index (χ4v) is 2.03. The zero-order valence-electron chi connectivity index (χ0n) is 10.6. The summed E-state index contributed by atoms with van der Waals surface area (Å²) >= 11 is 0. The summed E-state index contributed by atoms with van der Waals surface area (Å²) in [6.45, 7) is 2.40. The zero-order valence-corrected chi connectivity index (χ0v) is 10.6. The molecule has 0 bridgehead atoms. The molecule has 0 aliphatic carbocycles. The third-order valence-corrected chi connectivity index (χ3v) is 3.19. The molecule has 0 saturated heterocycles. The molecule has 0 aromatic carbocycles. The second kappa shape index (κ2) is 5.21. The van der Waals surface area contributed by atoms with Gasteiger partial charge in [0.1, 0.15) is 5.82 Å². The molecule has 1 aliphatic heterocycles. The normalized spacial score (nSPS) is 18.2. The second-order valence-electron chi connectivity index (χ2n) is 4.66. The summed E-state index contributed by atoms with van der Waals surface area (Å²) in [6.07, 6.45) is -1.36. The predicted molar refractivity (Wildman–Crippen MR) is 67.8 cm³/mol. The molecule has 2 N–H and O–H groups in total. The van der Waals surface area contributed by atoms with Gasteiger partial charge in [-0.1, -0.05) is 6.08 Å². The van der Waals surface area contributed by atoms with Crippen LogP contribution in [-0.4, -0.2) is 24.2 Å². The van der Waals surface area contributed by atoms with Gasteiger partial charge in [0, 0.05) is 30.9 Å². The van der Waals surface area contributed by atoms with Crippen molar-refractivity contribution in [3.05, 3.63) is 35.5 Å². The van der Waals surface area contributed by atoms with E-state index < -0.39 is 11.7 Å². The summed E-state index contributed by atoms with van der Waals surface area (Å²) in [7, 11) is 0. The second-order valence-corrected chi connectivity index (χ2v) is 4.66. The Kier molecular flexibility index (Phi) is 3.80. The topological polar surface area (TPSA) is 42.1 Å². The van der Waals surface area contributed by atoms with Gasteiger partial charge in [-0.3, -0.25) is 0 Å². The molecule has 1 aromatic rings. The van der Waals surface area contributed by atoms with E-state index in [4.69, 9.17) is 5.73 Å². The molecule has 0 saturated carbocycles. The fraction of sp³-hybridized carbons (Fsp3) is 0.462. The molecule has 0 fully saturated rings. The molecule has 0 spiro atoms. The average molecular weight is 271 g/mol. The molecular weight excluding hydrogens is 255 g/mol. The van der Waals surface area contributed by atoms with E-state index in [1.165, 1.54) is 6.08 Å². The zero-order chi connectivity index (χ0) is 14.0. The lowest BCUT2D eigenvalue weighted by atomic mass is 10.1. The molecule has 2 heterocycles. The van der Waals surface area contributed by atoms with Crippen LogP contribution < -0.4 is 10.6 Å². The van der Waals surface area contributed by atoms with Gasteiger partial charge < -0.3 is 10.6 Å². The number of aromatic nitrogens is 1. The summed E-state index contributed by atoms with van der Waals surface area (Å²) in [6, 6.07) is 3.53. The minimum Gasteiger partial charge on any atom is -0.353 e. The monoisotopic (exact) mass is 271 g/mol. The maximum absolute atomic E-state index is 12.5. The molecule has 1 aromatic heterocycles. The van der Waals surface area contributed by atoms with E-state index in [1.807, 2.05) is 24.0 Å². The molecule has 1 aliphatic rings. The van der Waals surface area contributed by atoms with Crippen molar-refractivity contribution in [2.75, 3.05) is 18.0 Å². The maximum atomic E-state index is 12.5. The Hall–Kier alpha value is -1.56. The Morgan fingerprint density at radius 1 is 1.42 bits per heavy atom. The number of hydrogen-bond donors (Lipinski definition) is 1. The summed E-state index contributed by atoms with van der Waals surface area (Å²) in [5, 5.41) is 0. The van der Waals surface area contributed by atoms with Gasteiger partial charge in [-0.15, -0.1) is 0 Å². The van der Waals surface area contributed by atoms with Crippen LogP contribution in [0, 0.1) is 0 Å². The quantitative estimate of drug-likeness (QED) is 0.841. The number of alkyl halides is 3.